The van der Waals surface area contributed by atoms with Gasteiger partial charge in [-0.05, 0) is 36.8 Å². The molecular formula is C18H12ClNO3. The summed E-state index contributed by atoms with van der Waals surface area (Å²) in [5.74, 6) is 0.448. The number of hydrogen-bond donors (Lipinski definition) is 1. The third kappa shape index (κ3) is 2.11. The summed E-state index contributed by atoms with van der Waals surface area (Å²) in [6, 6.07) is 12.3. The number of para-hydroxylation sites is 1. The third-order valence-electron chi connectivity index (χ3n) is 3.90. The molecule has 5 heteroatoms. The van der Waals surface area contributed by atoms with Crippen molar-refractivity contribution in [3.05, 3.63) is 63.5 Å². The van der Waals surface area contributed by atoms with Crippen molar-refractivity contribution in [2.45, 2.75) is 6.92 Å². The van der Waals surface area contributed by atoms with Gasteiger partial charge < -0.3 is 14.6 Å². The van der Waals surface area contributed by atoms with Gasteiger partial charge in [0.25, 0.3) is 0 Å². The van der Waals surface area contributed by atoms with Crippen LogP contribution >= 0.6 is 11.6 Å². The minimum atomic E-state index is -0.464. The highest BCUT2D eigenvalue weighted by Gasteiger charge is 2.18. The maximum atomic E-state index is 11.9. The predicted molar refractivity (Wildman–Crippen MR) is 91.9 cm³/mol. The largest absolute Gasteiger partial charge is 0.454 e. The van der Waals surface area contributed by atoms with Crippen molar-refractivity contribution in [1.82, 2.24) is 0 Å². The number of anilines is 1. The van der Waals surface area contributed by atoms with Gasteiger partial charge in [-0.25, -0.2) is 4.79 Å². The Morgan fingerprint density at radius 1 is 1.00 bits per heavy atom. The second-order valence-corrected chi connectivity index (χ2v) is 5.82. The van der Waals surface area contributed by atoms with Crippen molar-refractivity contribution < 1.29 is 8.83 Å². The fraction of sp³-hybridized carbons (Fsp3) is 0.0556. The SMILES string of the molecule is Cc1cc2oc(=O)cc(-c3oc4ccccc4c3N)c2cc1Cl. The van der Waals surface area contributed by atoms with Crippen molar-refractivity contribution in [2.75, 3.05) is 5.73 Å². The standard InChI is InChI=1S/C18H12ClNO3/c1-9-6-15-11(7-13(9)19)12(8-16(21)22-15)18-17(20)10-4-2-3-5-14(10)23-18/h2-8H,20H2,1H3. The molecule has 4 rings (SSSR count). The molecule has 0 saturated heterocycles. The molecular weight excluding hydrogens is 314 g/mol. The molecule has 23 heavy (non-hydrogen) atoms. The van der Waals surface area contributed by atoms with Gasteiger partial charge in [-0.2, -0.15) is 0 Å². The molecule has 0 radical (unpaired) electrons. The first-order valence-corrected chi connectivity index (χ1v) is 7.44. The molecule has 0 aliphatic heterocycles. The fourth-order valence-corrected chi connectivity index (χ4v) is 2.90. The van der Waals surface area contributed by atoms with Crippen LogP contribution in [0.1, 0.15) is 5.56 Å². The molecule has 0 fully saturated rings. The molecule has 0 aliphatic carbocycles. The van der Waals surface area contributed by atoms with Crippen molar-refractivity contribution in [2.24, 2.45) is 0 Å². The van der Waals surface area contributed by atoms with Gasteiger partial charge >= 0.3 is 5.63 Å². The first kappa shape index (κ1) is 13.9. The molecule has 0 unspecified atom stereocenters. The second kappa shape index (κ2) is 4.89. The quantitative estimate of drug-likeness (QED) is 0.513. The van der Waals surface area contributed by atoms with Crippen LogP contribution < -0.4 is 11.4 Å². The van der Waals surface area contributed by atoms with Crippen LogP contribution in [0.25, 0.3) is 33.3 Å². The summed E-state index contributed by atoms with van der Waals surface area (Å²) >= 11 is 6.22. The van der Waals surface area contributed by atoms with Gasteiger partial charge in [-0.3, -0.25) is 0 Å². The van der Waals surface area contributed by atoms with Crippen LogP contribution in [0.5, 0.6) is 0 Å². The minimum Gasteiger partial charge on any atom is -0.454 e. The topological polar surface area (TPSA) is 69.4 Å². The molecule has 4 aromatic rings. The summed E-state index contributed by atoms with van der Waals surface area (Å²) in [7, 11) is 0. The van der Waals surface area contributed by atoms with Gasteiger partial charge in [-0.15, -0.1) is 0 Å². The van der Waals surface area contributed by atoms with E-state index in [1.54, 1.807) is 12.1 Å². The Kier molecular flexibility index (Phi) is 2.96. The Hall–Kier alpha value is -2.72. The van der Waals surface area contributed by atoms with E-state index < -0.39 is 5.63 Å². The predicted octanol–water partition coefficient (Wildman–Crippen LogP) is 4.75. The number of nitrogens with two attached hydrogens (primary N) is 1. The molecule has 0 spiro atoms. The smallest absolute Gasteiger partial charge is 0.336 e. The molecule has 0 amide bonds. The molecule has 0 bridgehead atoms. The summed E-state index contributed by atoms with van der Waals surface area (Å²) in [6.45, 7) is 1.85. The molecule has 2 aromatic heterocycles. The number of benzene rings is 2. The molecule has 2 aromatic carbocycles. The van der Waals surface area contributed by atoms with Crippen LogP contribution in [0.3, 0.4) is 0 Å². The summed E-state index contributed by atoms with van der Waals surface area (Å²) in [4.78, 5) is 11.9. The van der Waals surface area contributed by atoms with Gasteiger partial charge in [0.2, 0.25) is 0 Å². The summed E-state index contributed by atoms with van der Waals surface area (Å²) in [5.41, 5.74) is 8.77. The zero-order valence-corrected chi connectivity index (χ0v) is 13.0. The van der Waals surface area contributed by atoms with Crippen LogP contribution in [0.4, 0.5) is 5.69 Å². The number of halogens is 1. The van der Waals surface area contributed by atoms with E-state index in [1.165, 1.54) is 6.07 Å². The molecule has 114 valence electrons. The lowest BCUT2D eigenvalue weighted by atomic mass is 10.0. The van der Waals surface area contributed by atoms with E-state index in [2.05, 4.69) is 0 Å². The Morgan fingerprint density at radius 3 is 2.57 bits per heavy atom. The van der Waals surface area contributed by atoms with Gasteiger partial charge in [0.05, 0.1) is 5.69 Å². The first-order valence-electron chi connectivity index (χ1n) is 7.06. The average Bonchev–Trinajstić information content (AvgIpc) is 2.86. The summed E-state index contributed by atoms with van der Waals surface area (Å²) < 4.78 is 11.1. The third-order valence-corrected chi connectivity index (χ3v) is 4.31. The van der Waals surface area contributed by atoms with Crippen LogP contribution in [0, 0.1) is 6.92 Å². The van der Waals surface area contributed by atoms with Crippen LogP contribution in [-0.4, -0.2) is 0 Å². The Morgan fingerprint density at radius 2 is 1.78 bits per heavy atom. The maximum Gasteiger partial charge on any atom is 0.336 e. The summed E-state index contributed by atoms with van der Waals surface area (Å²) in [5, 5.41) is 2.08. The lowest BCUT2D eigenvalue weighted by molar-refractivity contribution is 0.559. The normalized spacial score (nSPS) is 11.4. The Balaban J connectivity index is 2.13. The van der Waals surface area contributed by atoms with Crippen molar-refractivity contribution in [3.8, 4) is 11.3 Å². The van der Waals surface area contributed by atoms with Crippen molar-refractivity contribution >= 4 is 39.2 Å². The number of hydrogen-bond acceptors (Lipinski definition) is 4. The molecule has 4 nitrogen and oxygen atoms in total. The number of aryl methyl sites for hydroxylation is 1. The highest BCUT2D eigenvalue weighted by atomic mass is 35.5. The van der Waals surface area contributed by atoms with Crippen LogP contribution in [-0.2, 0) is 0 Å². The van der Waals surface area contributed by atoms with Gasteiger partial charge in [0, 0.05) is 27.4 Å². The van der Waals surface area contributed by atoms with Crippen molar-refractivity contribution in [3.63, 3.8) is 0 Å². The zero-order valence-electron chi connectivity index (χ0n) is 12.2. The van der Waals surface area contributed by atoms with E-state index in [9.17, 15) is 4.79 Å². The summed E-state index contributed by atoms with van der Waals surface area (Å²) in [6.07, 6.45) is 0. The molecule has 2 heterocycles. The van der Waals surface area contributed by atoms with Gasteiger partial charge in [0.1, 0.15) is 11.2 Å². The number of nitrogen functional groups attached to an aromatic ring is 1. The highest BCUT2D eigenvalue weighted by Crippen LogP contribution is 2.39. The Labute approximate surface area is 136 Å². The molecule has 2 N–H and O–H groups in total. The maximum absolute atomic E-state index is 11.9. The van der Waals surface area contributed by atoms with Gasteiger partial charge in [-0.1, -0.05) is 23.7 Å². The van der Waals surface area contributed by atoms with E-state index in [0.29, 0.717) is 38.6 Å². The number of furan rings is 1. The zero-order chi connectivity index (χ0) is 16.1. The highest BCUT2D eigenvalue weighted by molar-refractivity contribution is 6.32. The lowest BCUT2D eigenvalue weighted by Gasteiger charge is -2.06. The van der Waals surface area contributed by atoms with E-state index >= 15 is 0 Å². The van der Waals surface area contributed by atoms with E-state index in [0.717, 1.165) is 10.9 Å². The van der Waals surface area contributed by atoms with Crippen molar-refractivity contribution in [1.29, 1.82) is 0 Å². The van der Waals surface area contributed by atoms with E-state index in [1.807, 2.05) is 31.2 Å². The van der Waals surface area contributed by atoms with Gasteiger partial charge in [0.15, 0.2) is 5.76 Å². The Bertz CT molecular complexity index is 1120. The van der Waals surface area contributed by atoms with Crippen LogP contribution in [0.2, 0.25) is 5.02 Å². The monoisotopic (exact) mass is 325 g/mol. The van der Waals surface area contributed by atoms with E-state index in [4.69, 9.17) is 26.2 Å². The van der Waals surface area contributed by atoms with E-state index in [-0.39, 0.29) is 0 Å². The molecule has 0 aliphatic rings. The fourth-order valence-electron chi connectivity index (χ4n) is 2.74. The minimum absolute atomic E-state index is 0.448. The first-order chi connectivity index (χ1) is 11.0. The number of fused-ring (bicyclic) bond motifs is 2. The van der Waals surface area contributed by atoms with Crippen LogP contribution in [0.15, 0.2) is 56.1 Å². The lowest BCUT2D eigenvalue weighted by Crippen LogP contribution is -1.99. The number of rotatable bonds is 1. The second-order valence-electron chi connectivity index (χ2n) is 5.42. The average molecular weight is 326 g/mol. The molecule has 0 saturated carbocycles. The molecule has 0 atom stereocenters.